The molecular formula is C22H30N6O. The van der Waals surface area contributed by atoms with Crippen LogP contribution in [0.2, 0.25) is 0 Å². The van der Waals surface area contributed by atoms with E-state index in [0.717, 1.165) is 49.7 Å². The molecule has 3 aromatic rings. The minimum Gasteiger partial charge on any atom is -0.341 e. The Labute approximate surface area is 171 Å². The van der Waals surface area contributed by atoms with E-state index in [0.29, 0.717) is 23.6 Å². The van der Waals surface area contributed by atoms with Gasteiger partial charge in [0.05, 0.1) is 6.54 Å². The quantitative estimate of drug-likeness (QED) is 0.718. The van der Waals surface area contributed by atoms with Crippen molar-refractivity contribution in [1.82, 2.24) is 19.1 Å². The van der Waals surface area contributed by atoms with Crippen molar-refractivity contribution in [2.45, 2.75) is 45.7 Å². The normalized spacial score (nSPS) is 17.4. The molecule has 1 aromatic carbocycles. The topological polar surface area (TPSA) is 82.0 Å². The van der Waals surface area contributed by atoms with Gasteiger partial charge >= 0.3 is 0 Å². The van der Waals surface area contributed by atoms with E-state index in [1.54, 1.807) is 4.57 Å². The fraction of sp³-hybridized carbons (Fsp3) is 0.500. The number of piperidine rings is 1. The van der Waals surface area contributed by atoms with Gasteiger partial charge in [-0.1, -0.05) is 44.2 Å². The van der Waals surface area contributed by atoms with Gasteiger partial charge in [0.25, 0.3) is 5.56 Å². The van der Waals surface area contributed by atoms with Crippen LogP contribution >= 0.6 is 0 Å². The number of fused-ring (bicyclic) bond motifs is 1. The summed E-state index contributed by atoms with van der Waals surface area (Å²) in [6, 6.07) is 10.3. The Bertz CT molecular complexity index is 1050. The van der Waals surface area contributed by atoms with Crippen LogP contribution in [0.3, 0.4) is 0 Å². The van der Waals surface area contributed by atoms with Gasteiger partial charge in [-0.2, -0.15) is 4.98 Å². The van der Waals surface area contributed by atoms with E-state index in [9.17, 15) is 4.79 Å². The van der Waals surface area contributed by atoms with E-state index < -0.39 is 0 Å². The first kappa shape index (κ1) is 19.6. The molecule has 7 nitrogen and oxygen atoms in total. The van der Waals surface area contributed by atoms with E-state index in [4.69, 9.17) is 15.7 Å². The second-order valence-corrected chi connectivity index (χ2v) is 8.49. The molecule has 2 aromatic heterocycles. The summed E-state index contributed by atoms with van der Waals surface area (Å²) in [5, 5.41) is 0. The van der Waals surface area contributed by atoms with Crippen molar-refractivity contribution in [2.24, 2.45) is 18.7 Å². The maximum absolute atomic E-state index is 13.3. The smallest absolute Gasteiger partial charge is 0.279 e. The lowest BCUT2D eigenvalue weighted by atomic mass is 10.1. The molecule has 1 aliphatic rings. The van der Waals surface area contributed by atoms with Gasteiger partial charge in [-0.25, -0.2) is 4.98 Å². The predicted octanol–water partition coefficient (Wildman–Crippen LogP) is 2.30. The molecule has 1 unspecified atom stereocenters. The summed E-state index contributed by atoms with van der Waals surface area (Å²) >= 11 is 0. The van der Waals surface area contributed by atoms with Gasteiger partial charge in [0.15, 0.2) is 11.2 Å². The highest BCUT2D eigenvalue weighted by molar-refractivity contribution is 5.74. The highest BCUT2D eigenvalue weighted by Crippen LogP contribution is 2.24. The molecule has 0 spiro atoms. The number of imidazole rings is 1. The number of aromatic nitrogens is 4. The molecule has 0 radical (unpaired) electrons. The summed E-state index contributed by atoms with van der Waals surface area (Å²) in [5.74, 6) is 1.99. The lowest BCUT2D eigenvalue weighted by Crippen LogP contribution is -2.44. The highest BCUT2D eigenvalue weighted by Gasteiger charge is 2.25. The van der Waals surface area contributed by atoms with E-state index in [2.05, 4.69) is 30.9 Å². The number of hydrogen-bond acceptors (Lipinski definition) is 5. The third-order valence-electron chi connectivity index (χ3n) is 5.57. The Hall–Kier alpha value is -2.67. The minimum atomic E-state index is -0.0401. The summed E-state index contributed by atoms with van der Waals surface area (Å²) in [6.45, 7) is 6.48. The van der Waals surface area contributed by atoms with Crippen LogP contribution in [0.4, 0.5) is 5.95 Å². The first-order valence-corrected chi connectivity index (χ1v) is 10.4. The molecule has 1 saturated heterocycles. The Morgan fingerprint density at radius 1 is 1.21 bits per heavy atom. The van der Waals surface area contributed by atoms with Crippen LogP contribution in [0.5, 0.6) is 0 Å². The third kappa shape index (κ3) is 3.92. The number of rotatable bonds is 5. The van der Waals surface area contributed by atoms with Crippen LogP contribution in [0.15, 0.2) is 35.1 Å². The van der Waals surface area contributed by atoms with Crippen LogP contribution in [-0.4, -0.2) is 38.2 Å². The van der Waals surface area contributed by atoms with Gasteiger partial charge in [-0.15, -0.1) is 0 Å². The van der Waals surface area contributed by atoms with Gasteiger partial charge in [0.2, 0.25) is 5.95 Å². The molecule has 154 valence electrons. The van der Waals surface area contributed by atoms with Crippen LogP contribution in [0.1, 0.15) is 38.1 Å². The number of nitrogens with zero attached hydrogens (tertiary/aromatic N) is 5. The van der Waals surface area contributed by atoms with Crippen molar-refractivity contribution >= 4 is 17.1 Å². The van der Waals surface area contributed by atoms with Gasteiger partial charge in [-0.3, -0.25) is 13.9 Å². The summed E-state index contributed by atoms with van der Waals surface area (Å²) in [7, 11) is 1.81. The Morgan fingerprint density at radius 2 is 1.97 bits per heavy atom. The second kappa shape index (κ2) is 7.99. The Morgan fingerprint density at radius 3 is 2.66 bits per heavy atom. The molecule has 2 N–H and O–H groups in total. The summed E-state index contributed by atoms with van der Waals surface area (Å²) in [4.78, 5) is 25.2. The van der Waals surface area contributed by atoms with Crippen molar-refractivity contribution in [3.8, 4) is 0 Å². The largest absolute Gasteiger partial charge is 0.341 e. The van der Waals surface area contributed by atoms with Crippen LogP contribution in [0, 0.1) is 5.92 Å². The molecule has 1 aliphatic heterocycles. The third-order valence-corrected chi connectivity index (χ3v) is 5.57. The molecule has 1 atom stereocenters. The zero-order valence-electron chi connectivity index (χ0n) is 17.5. The average Bonchev–Trinajstić information content (AvgIpc) is 3.04. The van der Waals surface area contributed by atoms with Crippen molar-refractivity contribution in [3.05, 3.63) is 52.1 Å². The van der Waals surface area contributed by atoms with Crippen LogP contribution in [0.25, 0.3) is 11.2 Å². The van der Waals surface area contributed by atoms with E-state index in [1.807, 2.05) is 29.8 Å². The van der Waals surface area contributed by atoms with Crippen molar-refractivity contribution in [2.75, 3.05) is 18.0 Å². The molecule has 1 fully saturated rings. The molecule has 7 heteroatoms. The number of anilines is 1. The maximum atomic E-state index is 13.3. The monoisotopic (exact) mass is 394 g/mol. The van der Waals surface area contributed by atoms with Crippen LogP contribution in [-0.2, 0) is 20.0 Å². The Balaban J connectivity index is 1.89. The molecule has 3 heterocycles. The van der Waals surface area contributed by atoms with Crippen molar-refractivity contribution in [1.29, 1.82) is 0 Å². The fourth-order valence-electron chi connectivity index (χ4n) is 4.09. The zero-order valence-corrected chi connectivity index (χ0v) is 17.5. The molecule has 0 aliphatic carbocycles. The molecular weight excluding hydrogens is 364 g/mol. The van der Waals surface area contributed by atoms with E-state index >= 15 is 0 Å². The lowest BCUT2D eigenvalue weighted by Gasteiger charge is -2.31. The molecule has 4 rings (SSSR count). The number of nitrogens with two attached hydrogens (primary N) is 1. The van der Waals surface area contributed by atoms with Crippen molar-refractivity contribution in [3.63, 3.8) is 0 Å². The number of benzene rings is 1. The SMILES string of the molecule is CC(C)Cc1nc2nc(N3CCCC(N)C3)n(Cc3ccccc3)c2c(=O)n1C. The highest BCUT2D eigenvalue weighted by atomic mass is 16.1. The maximum Gasteiger partial charge on any atom is 0.279 e. The molecule has 29 heavy (non-hydrogen) atoms. The summed E-state index contributed by atoms with van der Waals surface area (Å²) < 4.78 is 3.70. The standard InChI is InChI=1S/C22H30N6O/c1-15(2)12-18-24-20-19(21(29)26(18)3)28(13-16-8-5-4-6-9-16)22(25-20)27-11-7-10-17(23)14-27/h4-6,8-9,15,17H,7,10-14,23H2,1-3H3. The average molecular weight is 395 g/mol. The minimum absolute atomic E-state index is 0.0401. The molecule has 0 amide bonds. The van der Waals surface area contributed by atoms with Crippen LogP contribution < -0.4 is 16.2 Å². The molecule has 0 bridgehead atoms. The van der Waals surface area contributed by atoms with Gasteiger partial charge in [0.1, 0.15) is 5.82 Å². The zero-order chi connectivity index (χ0) is 20.5. The first-order valence-electron chi connectivity index (χ1n) is 10.4. The Kier molecular flexibility index (Phi) is 5.41. The van der Waals surface area contributed by atoms with E-state index in [-0.39, 0.29) is 11.6 Å². The van der Waals surface area contributed by atoms with E-state index in [1.165, 1.54) is 0 Å². The second-order valence-electron chi connectivity index (χ2n) is 8.49. The summed E-state index contributed by atoms with van der Waals surface area (Å²) in [6.07, 6.45) is 2.80. The van der Waals surface area contributed by atoms with Crippen molar-refractivity contribution < 1.29 is 0 Å². The molecule has 0 saturated carbocycles. The van der Waals surface area contributed by atoms with Gasteiger partial charge in [0, 0.05) is 32.6 Å². The first-order chi connectivity index (χ1) is 13.9. The van der Waals surface area contributed by atoms with Gasteiger partial charge < -0.3 is 10.6 Å². The lowest BCUT2D eigenvalue weighted by molar-refractivity contribution is 0.495. The predicted molar refractivity (Wildman–Crippen MR) is 116 cm³/mol. The number of hydrogen-bond donors (Lipinski definition) is 1. The summed E-state index contributed by atoms with van der Waals surface area (Å²) in [5.41, 5.74) is 8.42. The van der Waals surface area contributed by atoms with Gasteiger partial charge in [-0.05, 0) is 24.3 Å². The fourth-order valence-corrected chi connectivity index (χ4v) is 4.09.